The van der Waals surface area contributed by atoms with Crippen LogP contribution in [0.5, 0.6) is 0 Å². The van der Waals surface area contributed by atoms with Gasteiger partial charge < -0.3 is 9.80 Å². The maximum Gasteiger partial charge on any atom is 0.123 e. The number of anilines is 6. The molecule has 390 valence electrons. The summed E-state index contributed by atoms with van der Waals surface area (Å²) in [6.07, 6.45) is 8.92. The average molecular weight is 1050 g/mol. The monoisotopic (exact) mass is 1050 g/mol. The molecule has 10 aromatic carbocycles. The number of halogens is 2. The van der Waals surface area contributed by atoms with Crippen LogP contribution in [0.4, 0.5) is 42.9 Å². The zero-order valence-corrected chi connectivity index (χ0v) is 46.0. The molecule has 0 unspecified atom stereocenters. The van der Waals surface area contributed by atoms with Gasteiger partial charge in [-0.2, -0.15) is 10.5 Å². The summed E-state index contributed by atoms with van der Waals surface area (Å²) in [5, 5.41) is 19.0. The molecule has 81 heavy (non-hydrogen) atoms. The predicted octanol–water partition coefficient (Wildman–Crippen LogP) is 19.9. The van der Waals surface area contributed by atoms with Crippen LogP contribution in [0.3, 0.4) is 0 Å². The van der Waals surface area contributed by atoms with Gasteiger partial charge >= 0.3 is 0 Å². The Morgan fingerprint density at radius 1 is 0.296 bits per heavy atom. The average Bonchev–Trinajstić information content (AvgIpc) is 4.01. The van der Waals surface area contributed by atoms with Gasteiger partial charge in [-0.25, -0.2) is 8.78 Å². The predicted molar refractivity (Wildman–Crippen MR) is 329 cm³/mol. The second kappa shape index (κ2) is 19.2. The van der Waals surface area contributed by atoms with Gasteiger partial charge in [0.05, 0.1) is 23.3 Å². The Kier molecular flexibility index (Phi) is 12.0. The van der Waals surface area contributed by atoms with E-state index in [1.54, 1.807) is 24.3 Å². The van der Waals surface area contributed by atoms with Crippen molar-refractivity contribution in [2.75, 3.05) is 9.80 Å². The minimum absolute atomic E-state index is 0.207. The Bertz CT molecular complexity index is 4060. The standard InChI is InChI=1S/C75H56F2N4/c1-73(2)67-39-47(7-9-49-17-35-63-65-37-31-59(43-71(65)74(3,4)69(63)41-49)80(57-27-19-53(76)20-28-57)55-23-11-51(45-78)12-24-55)15-33-61(67)62-34-16-48(40-68(62)73)8-10-50-18-36-64-66-38-32-60(44-72(66)75(5,6)70(64)42-50)81(58-29-21-54(77)22-30-58)56-25-13-52(46-79)14-26-56/h7-44H,1-6H3/b9-7+,10-8+. The smallest absolute Gasteiger partial charge is 0.123 e. The van der Waals surface area contributed by atoms with Gasteiger partial charge in [-0.05, 0) is 210 Å². The van der Waals surface area contributed by atoms with E-state index in [2.05, 4.69) is 197 Å². The van der Waals surface area contributed by atoms with Crippen molar-refractivity contribution in [3.05, 3.63) is 285 Å². The SMILES string of the molecule is CC1(C)c2cc(/C=C/c3ccc4c(c3)C(C)(C)c3cc(N(c5ccc(F)cc5)c5ccc(C#N)cc5)ccc3-4)ccc2-c2ccc(/C=C/c3ccc4c(c3)C(C)(C)c3cc(N(c5ccc(F)cc5)c5ccc(C#N)cc5)ccc3-4)cc21. The molecular formula is C75H56F2N4. The Labute approximate surface area is 473 Å². The lowest BCUT2D eigenvalue weighted by Crippen LogP contribution is -2.16. The zero-order valence-electron chi connectivity index (χ0n) is 46.0. The van der Waals surface area contributed by atoms with Crippen molar-refractivity contribution in [1.82, 2.24) is 0 Å². The largest absolute Gasteiger partial charge is 0.310 e. The van der Waals surface area contributed by atoms with Crippen molar-refractivity contribution in [3.8, 4) is 45.5 Å². The van der Waals surface area contributed by atoms with E-state index < -0.39 is 0 Å². The number of benzene rings is 10. The van der Waals surface area contributed by atoms with E-state index >= 15 is 0 Å². The Morgan fingerprint density at radius 2 is 0.519 bits per heavy atom. The van der Waals surface area contributed by atoms with Crippen molar-refractivity contribution in [2.45, 2.75) is 57.8 Å². The molecule has 0 heterocycles. The van der Waals surface area contributed by atoms with Crippen LogP contribution in [0, 0.1) is 34.3 Å². The van der Waals surface area contributed by atoms with Crippen molar-refractivity contribution >= 4 is 58.4 Å². The molecule has 3 aliphatic carbocycles. The van der Waals surface area contributed by atoms with Crippen LogP contribution >= 0.6 is 0 Å². The highest BCUT2D eigenvalue weighted by molar-refractivity contribution is 5.90. The fourth-order valence-corrected chi connectivity index (χ4v) is 12.8. The minimum atomic E-state index is -0.293. The lowest BCUT2D eigenvalue weighted by atomic mass is 9.81. The molecule has 0 amide bonds. The van der Waals surface area contributed by atoms with Crippen LogP contribution in [0.1, 0.15) is 108 Å². The third kappa shape index (κ3) is 8.63. The molecule has 0 aromatic heterocycles. The maximum atomic E-state index is 14.2. The number of fused-ring (bicyclic) bond motifs is 9. The van der Waals surface area contributed by atoms with Crippen LogP contribution in [0.15, 0.2) is 206 Å². The van der Waals surface area contributed by atoms with E-state index in [0.29, 0.717) is 11.1 Å². The molecule has 0 fully saturated rings. The molecule has 6 heteroatoms. The van der Waals surface area contributed by atoms with E-state index in [1.807, 2.05) is 48.5 Å². The third-order valence-electron chi connectivity index (χ3n) is 17.2. The molecule has 0 spiro atoms. The molecule has 0 aliphatic heterocycles. The van der Waals surface area contributed by atoms with Gasteiger partial charge in [-0.3, -0.25) is 0 Å². The molecular weight excluding hydrogens is 995 g/mol. The van der Waals surface area contributed by atoms with E-state index in [-0.39, 0.29) is 27.9 Å². The van der Waals surface area contributed by atoms with Crippen LogP contribution in [0.2, 0.25) is 0 Å². The summed E-state index contributed by atoms with van der Waals surface area (Å²) < 4.78 is 28.3. The van der Waals surface area contributed by atoms with Crippen molar-refractivity contribution in [3.63, 3.8) is 0 Å². The Hall–Kier alpha value is -9.88. The number of nitriles is 2. The summed E-state index contributed by atoms with van der Waals surface area (Å²) in [5.74, 6) is -0.586. The lowest BCUT2D eigenvalue weighted by molar-refractivity contribution is 0.627. The second-order valence-electron chi connectivity index (χ2n) is 23.2. The summed E-state index contributed by atoms with van der Waals surface area (Å²) in [6.45, 7) is 13.8. The van der Waals surface area contributed by atoms with E-state index in [0.717, 1.165) is 56.4 Å². The molecule has 0 saturated carbocycles. The van der Waals surface area contributed by atoms with Crippen LogP contribution in [-0.2, 0) is 16.2 Å². The summed E-state index contributed by atoms with van der Waals surface area (Å²) >= 11 is 0. The van der Waals surface area contributed by atoms with Gasteiger partial charge in [-0.15, -0.1) is 0 Å². The second-order valence-corrected chi connectivity index (χ2v) is 23.2. The number of hydrogen-bond acceptors (Lipinski definition) is 4. The molecule has 3 aliphatic rings. The van der Waals surface area contributed by atoms with Crippen LogP contribution < -0.4 is 9.80 Å². The minimum Gasteiger partial charge on any atom is -0.310 e. The molecule has 0 N–H and O–H groups in total. The summed E-state index contributed by atoms with van der Waals surface area (Å²) in [7, 11) is 0. The van der Waals surface area contributed by atoms with E-state index in [4.69, 9.17) is 0 Å². The number of hydrogen-bond donors (Lipinski definition) is 0. The van der Waals surface area contributed by atoms with Gasteiger partial charge in [0.15, 0.2) is 0 Å². The van der Waals surface area contributed by atoms with Gasteiger partial charge in [-0.1, -0.05) is 151 Å². The third-order valence-corrected chi connectivity index (χ3v) is 17.2. The first-order valence-corrected chi connectivity index (χ1v) is 27.5. The molecule has 0 saturated heterocycles. The first-order chi connectivity index (χ1) is 39.1. The lowest BCUT2D eigenvalue weighted by Gasteiger charge is -2.28. The molecule has 10 aromatic rings. The first kappa shape index (κ1) is 50.6. The highest BCUT2D eigenvalue weighted by atomic mass is 19.1. The highest BCUT2D eigenvalue weighted by Crippen LogP contribution is 2.54. The van der Waals surface area contributed by atoms with Gasteiger partial charge in [0.2, 0.25) is 0 Å². The molecule has 0 radical (unpaired) electrons. The van der Waals surface area contributed by atoms with Gasteiger partial charge in [0, 0.05) is 50.4 Å². The normalized spacial score (nSPS) is 14.3. The van der Waals surface area contributed by atoms with Crippen LogP contribution in [0.25, 0.3) is 57.7 Å². The molecule has 0 atom stereocenters. The van der Waals surface area contributed by atoms with E-state index in [9.17, 15) is 19.3 Å². The molecule has 0 bridgehead atoms. The van der Waals surface area contributed by atoms with Gasteiger partial charge in [0.1, 0.15) is 11.6 Å². The van der Waals surface area contributed by atoms with Crippen LogP contribution in [-0.4, -0.2) is 0 Å². The van der Waals surface area contributed by atoms with Gasteiger partial charge in [0.25, 0.3) is 0 Å². The van der Waals surface area contributed by atoms with Crippen molar-refractivity contribution < 1.29 is 8.78 Å². The maximum absolute atomic E-state index is 14.2. The summed E-state index contributed by atoms with van der Waals surface area (Å²) in [4.78, 5) is 4.23. The molecule has 4 nitrogen and oxygen atoms in total. The topological polar surface area (TPSA) is 54.1 Å². The fourth-order valence-electron chi connectivity index (χ4n) is 12.8. The summed E-state index contributed by atoms with van der Waals surface area (Å²) in [5.41, 5.74) is 25.3. The zero-order chi connectivity index (χ0) is 56.0. The highest BCUT2D eigenvalue weighted by Gasteiger charge is 2.39. The van der Waals surface area contributed by atoms with Crippen molar-refractivity contribution in [2.24, 2.45) is 0 Å². The van der Waals surface area contributed by atoms with Crippen molar-refractivity contribution in [1.29, 1.82) is 10.5 Å². The number of nitrogens with zero attached hydrogens (tertiary/aromatic N) is 4. The van der Waals surface area contributed by atoms with E-state index in [1.165, 1.54) is 91.0 Å². The Balaban J connectivity index is 0.729. The summed E-state index contributed by atoms with van der Waals surface area (Å²) in [6, 6.07) is 73.0. The Morgan fingerprint density at radius 3 is 0.778 bits per heavy atom. The molecule has 13 rings (SSSR count). The number of rotatable bonds is 10. The fraction of sp³-hybridized carbons (Fsp3) is 0.120. The first-order valence-electron chi connectivity index (χ1n) is 27.5. The quantitative estimate of drug-likeness (QED) is 0.128.